The van der Waals surface area contributed by atoms with E-state index in [0.29, 0.717) is 37.4 Å². The van der Waals surface area contributed by atoms with Crippen molar-refractivity contribution >= 4 is 11.8 Å². The van der Waals surface area contributed by atoms with Crippen LogP contribution in [0.5, 0.6) is 5.75 Å². The molecule has 1 fully saturated rings. The molecule has 1 aliphatic heterocycles. The molecule has 1 saturated heterocycles. The number of carbonyl (C=O) groups is 2. The van der Waals surface area contributed by atoms with Crippen molar-refractivity contribution in [2.24, 2.45) is 0 Å². The van der Waals surface area contributed by atoms with E-state index in [2.05, 4.69) is 0 Å². The van der Waals surface area contributed by atoms with Crippen LogP contribution < -0.4 is 4.74 Å². The number of carbonyl (C=O) groups excluding carboxylic acids is 2. The summed E-state index contributed by atoms with van der Waals surface area (Å²) in [4.78, 5) is 28.3. The third-order valence-corrected chi connectivity index (χ3v) is 3.92. The maximum absolute atomic E-state index is 12.6. The average molecular weight is 304 g/mol. The summed E-state index contributed by atoms with van der Waals surface area (Å²) in [7, 11) is 1.59. The van der Waals surface area contributed by atoms with E-state index in [1.807, 2.05) is 28.9 Å². The van der Waals surface area contributed by atoms with Gasteiger partial charge in [-0.3, -0.25) is 9.59 Å². The second-order valence-corrected chi connectivity index (χ2v) is 5.51. The lowest BCUT2D eigenvalue weighted by atomic mass is 10.2. The van der Waals surface area contributed by atoms with Crippen LogP contribution in [0.1, 0.15) is 36.5 Å². The Hall–Kier alpha value is -2.04. The molecule has 0 atom stereocenters. The Morgan fingerprint density at radius 3 is 2.59 bits per heavy atom. The van der Waals surface area contributed by atoms with Gasteiger partial charge in [0.1, 0.15) is 5.75 Å². The zero-order valence-electron chi connectivity index (χ0n) is 13.4. The summed E-state index contributed by atoms with van der Waals surface area (Å²) in [5.74, 6) is 0.877. The van der Waals surface area contributed by atoms with Crippen LogP contribution in [0.15, 0.2) is 24.3 Å². The zero-order valence-corrected chi connectivity index (χ0v) is 13.4. The van der Waals surface area contributed by atoms with Gasteiger partial charge in [0.05, 0.1) is 7.11 Å². The number of ether oxygens (including phenoxy) is 1. The van der Waals surface area contributed by atoms with Gasteiger partial charge in [0.2, 0.25) is 5.91 Å². The molecule has 2 rings (SSSR count). The van der Waals surface area contributed by atoms with Crippen molar-refractivity contribution in [3.05, 3.63) is 29.8 Å². The summed E-state index contributed by atoms with van der Waals surface area (Å²) in [6.45, 7) is 4.64. The Labute approximate surface area is 131 Å². The lowest BCUT2D eigenvalue weighted by molar-refractivity contribution is -0.131. The molecule has 5 nitrogen and oxygen atoms in total. The lowest BCUT2D eigenvalue weighted by Crippen LogP contribution is -2.37. The van der Waals surface area contributed by atoms with Crippen LogP contribution in [0.3, 0.4) is 0 Å². The molecule has 1 aromatic rings. The van der Waals surface area contributed by atoms with Gasteiger partial charge in [0.25, 0.3) is 5.91 Å². The monoisotopic (exact) mass is 304 g/mol. The quantitative estimate of drug-likeness (QED) is 0.856. The summed E-state index contributed by atoms with van der Waals surface area (Å²) < 4.78 is 5.17. The second-order valence-electron chi connectivity index (χ2n) is 5.51. The van der Waals surface area contributed by atoms with E-state index in [1.165, 1.54) is 0 Å². The van der Waals surface area contributed by atoms with Crippen LogP contribution in [0.2, 0.25) is 0 Å². The number of hydrogen-bond donors (Lipinski definition) is 0. The Kier molecular flexibility index (Phi) is 5.81. The minimum atomic E-state index is 0.00342. The predicted octanol–water partition coefficient (Wildman–Crippen LogP) is 2.17. The normalized spacial score (nSPS) is 15.4. The Balaban J connectivity index is 2.00. The van der Waals surface area contributed by atoms with Crippen LogP contribution in [-0.2, 0) is 4.79 Å². The summed E-state index contributed by atoms with van der Waals surface area (Å²) in [5.41, 5.74) is 0.632. The highest BCUT2D eigenvalue weighted by atomic mass is 16.5. The Bertz CT molecular complexity index is 530. The number of amides is 2. The van der Waals surface area contributed by atoms with E-state index >= 15 is 0 Å². The average Bonchev–Trinajstić information content (AvgIpc) is 2.80. The highest BCUT2D eigenvalue weighted by Crippen LogP contribution is 2.16. The third kappa shape index (κ3) is 4.00. The van der Waals surface area contributed by atoms with Gasteiger partial charge in [0.15, 0.2) is 0 Å². The first-order valence-electron chi connectivity index (χ1n) is 7.86. The molecule has 0 saturated carbocycles. The number of methoxy groups -OCH3 is 1. The second kappa shape index (κ2) is 7.82. The summed E-state index contributed by atoms with van der Waals surface area (Å²) >= 11 is 0. The third-order valence-electron chi connectivity index (χ3n) is 3.92. The highest BCUT2D eigenvalue weighted by Gasteiger charge is 2.22. The molecular formula is C17H24N2O3. The molecule has 1 aliphatic rings. The summed E-state index contributed by atoms with van der Waals surface area (Å²) in [6.07, 6.45) is 2.27. The van der Waals surface area contributed by atoms with Crippen LogP contribution >= 0.6 is 0 Å². The van der Waals surface area contributed by atoms with Gasteiger partial charge in [-0.25, -0.2) is 0 Å². The molecule has 0 bridgehead atoms. The van der Waals surface area contributed by atoms with Crippen LogP contribution in [0, 0.1) is 0 Å². The van der Waals surface area contributed by atoms with Crippen molar-refractivity contribution in [3.8, 4) is 5.75 Å². The minimum absolute atomic E-state index is 0.00342. The largest absolute Gasteiger partial charge is 0.497 e. The van der Waals surface area contributed by atoms with E-state index < -0.39 is 0 Å². The molecule has 0 unspecified atom stereocenters. The van der Waals surface area contributed by atoms with Crippen molar-refractivity contribution in [2.45, 2.75) is 26.2 Å². The summed E-state index contributed by atoms with van der Waals surface area (Å²) in [6, 6.07) is 7.20. The van der Waals surface area contributed by atoms with Gasteiger partial charge in [-0.1, -0.05) is 13.0 Å². The molecule has 22 heavy (non-hydrogen) atoms. The molecule has 0 spiro atoms. The Morgan fingerprint density at radius 2 is 1.86 bits per heavy atom. The molecule has 1 aromatic carbocycles. The van der Waals surface area contributed by atoms with Gasteiger partial charge in [0, 0.05) is 38.2 Å². The SMILES string of the molecule is CCCC(=O)N1CCCN(C(=O)c2cccc(OC)c2)CC1. The van der Waals surface area contributed by atoms with Crippen LogP contribution in [-0.4, -0.2) is 54.9 Å². The van der Waals surface area contributed by atoms with E-state index in [9.17, 15) is 9.59 Å². The topological polar surface area (TPSA) is 49.9 Å². The van der Waals surface area contributed by atoms with Gasteiger partial charge < -0.3 is 14.5 Å². The van der Waals surface area contributed by atoms with E-state index in [-0.39, 0.29) is 11.8 Å². The molecule has 1 heterocycles. The Morgan fingerprint density at radius 1 is 1.14 bits per heavy atom. The standard InChI is InChI=1S/C17H24N2O3/c1-3-6-16(20)18-9-5-10-19(12-11-18)17(21)14-7-4-8-15(13-14)22-2/h4,7-8,13H,3,5-6,9-12H2,1-2H3. The fourth-order valence-electron chi connectivity index (χ4n) is 2.68. The van der Waals surface area contributed by atoms with Gasteiger partial charge >= 0.3 is 0 Å². The highest BCUT2D eigenvalue weighted by molar-refractivity contribution is 5.94. The first-order chi connectivity index (χ1) is 10.7. The van der Waals surface area contributed by atoms with Crippen molar-refractivity contribution < 1.29 is 14.3 Å². The predicted molar refractivity (Wildman–Crippen MR) is 85.0 cm³/mol. The maximum Gasteiger partial charge on any atom is 0.254 e. The molecular weight excluding hydrogens is 280 g/mol. The van der Waals surface area contributed by atoms with Crippen molar-refractivity contribution in [2.75, 3.05) is 33.3 Å². The van der Waals surface area contributed by atoms with E-state index in [4.69, 9.17) is 4.74 Å². The maximum atomic E-state index is 12.6. The summed E-state index contributed by atoms with van der Waals surface area (Å²) in [5, 5.41) is 0. The molecule has 5 heteroatoms. The first kappa shape index (κ1) is 16.3. The van der Waals surface area contributed by atoms with E-state index in [0.717, 1.165) is 19.4 Å². The number of nitrogens with zero attached hydrogens (tertiary/aromatic N) is 2. The number of hydrogen-bond acceptors (Lipinski definition) is 3. The van der Waals surface area contributed by atoms with E-state index in [1.54, 1.807) is 19.2 Å². The molecule has 2 amide bonds. The fourth-order valence-corrected chi connectivity index (χ4v) is 2.68. The number of rotatable bonds is 4. The van der Waals surface area contributed by atoms with Crippen molar-refractivity contribution in [3.63, 3.8) is 0 Å². The van der Waals surface area contributed by atoms with Crippen LogP contribution in [0.4, 0.5) is 0 Å². The minimum Gasteiger partial charge on any atom is -0.497 e. The van der Waals surface area contributed by atoms with Gasteiger partial charge in [-0.2, -0.15) is 0 Å². The zero-order chi connectivity index (χ0) is 15.9. The molecule has 0 aromatic heterocycles. The molecule has 0 N–H and O–H groups in total. The molecule has 120 valence electrons. The molecule has 0 radical (unpaired) electrons. The van der Waals surface area contributed by atoms with Crippen molar-refractivity contribution in [1.29, 1.82) is 0 Å². The first-order valence-corrected chi connectivity index (χ1v) is 7.86. The van der Waals surface area contributed by atoms with Crippen molar-refractivity contribution in [1.82, 2.24) is 9.80 Å². The smallest absolute Gasteiger partial charge is 0.254 e. The van der Waals surface area contributed by atoms with Crippen LogP contribution in [0.25, 0.3) is 0 Å². The lowest BCUT2D eigenvalue weighted by Gasteiger charge is -2.22. The van der Waals surface area contributed by atoms with Gasteiger partial charge in [-0.15, -0.1) is 0 Å². The molecule has 0 aliphatic carbocycles. The van der Waals surface area contributed by atoms with Gasteiger partial charge in [-0.05, 0) is 31.0 Å². The fraction of sp³-hybridized carbons (Fsp3) is 0.529. The number of benzene rings is 1.